The van der Waals surface area contributed by atoms with Crippen molar-refractivity contribution in [2.24, 2.45) is 0 Å². The van der Waals surface area contributed by atoms with Crippen molar-refractivity contribution >= 4 is 18.1 Å². The third-order valence-electron chi connectivity index (χ3n) is 5.03. The number of hydrogen-bond donors (Lipinski definition) is 1. The Morgan fingerprint density at radius 2 is 1.83 bits per heavy atom. The van der Waals surface area contributed by atoms with Crippen LogP contribution in [0.3, 0.4) is 0 Å². The molecule has 0 bridgehead atoms. The predicted octanol–water partition coefficient (Wildman–Crippen LogP) is 5.27. The molecule has 0 spiro atoms. The summed E-state index contributed by atoms with van der Waals surface area (Å²) in [6.45, 7) is 5.34. The molecule has 30 heavy (non-hydrogen) atoms. The highest BCUT2D eigenvalue weighted by Gasteiger charge is 2.18. The first kappa shape index (κ1) is 21.9. The molecule has 0 unspecified atom stereocenters. The molecule has 3 aromatic rings. The van der Waals surface area contributed by atoms with Crippen molar-refractivity contribution in [1.82, 2.24) is 19.7 Å². The topological polar surface area (TPSA) is 53.9 Å². The van der Waals surface area contributed by atoms with E-state index in [0.29, 0.717) is 23.7 Å². The second-order valence-electron chi connectivity index (χ2n) is 7.45. The normalized spacial score (nSPS) is 10.9. The van der Waals surface area contributed by atoms with Gasteiger partial charge in [-0.3, -0.25) is 14.5 Å². The predicted molar refractivity (Wildman–Crippen MR) is 119 cm³/mol. The maximum Gasteiger partial charge on any atom is 0.242 e. The van der Waals surface area contributed by atoms with Gasteiger partial charge in [-0.25, -0.2) is 4.39 Å². The molecule has 0 saturated carbocycles. The molecule has 0 fully saturated rings. The number of unbranched alkanes of at least 4 members (excludes halogenated alkanes) is 2. The second-order valence-corrected chi connectivity index (χ2v) is 7.84. The highest BCUT2D eigenvalue weighted by Crippen LogP contribution is 2.19. The number of nitrogens with one attached hydrogen (secondary N) is 1. The number of benzene rings is 2. The van der Waals surface area contributed by atoms with E-state index in [1.54, 1.807) is 16.7 Å². The summed E-state index contributed by atoms with van der Waals surface area (Å²) in [6, 6.07) is 14.2. The van der Waals surface area contributed by atoms with Gasteiger partial charge in [0.05, 0.1) is 0 Å². The lowest BCUT2D eigenvalue weighted by molar-refractivity contribution is -0.132. The molecule has 0 saturated heterocycles. The van der Waals surface area contributed by atoms with E-state index in [4.69, 9.17) is 12.2 Å². The molecule has 0 atom stereocenters. The number of aromatic amines is 1. The van der Waals surface area contributed by atoms with Gasteiger partial charge < -0.3 is 4.90 Å². The zero-order valence-electron chi connectivity index (χ0n) is 17.4. The number of nitrogens with zero attached hydrogens (tertiary/aromatic N) is 3. The van der Waals surface area contributed by atoms with Gasteiger partial charge in [0, 0.05) is 18.7 Å². The van der Waals surface area contributed by atoms with Crippen LogP contribution in [-0.2, 0) is 17.9 Å². The molecular weight excluding hydrogens is 399 g/mol. The van der Waals surface area contributed by atoms with Crippen molar-refractivity contribution in [3.63, 3.8) is 0 Å². The third kappa shape index (κ3) is 5.63. The Balaban J connectivity index is 1.81. The van der Waals surface area contributed by atoms with Crippen LogP contribution in [0.25, 0.3) is 11.4 Å². The zero-order valence-corrected chi connectivity index (χ0v) is 18.2. The van der Waals surface area contributed by atoms with Crippen LogP contribution in [0.4, 0.5) is 4.39 Å². The van der Waals surface area contributed by atoms with Gasteiger partial charge >= 0.3 is 0 Å². The third-order valence-corrected chi connectivity index (χ3v) is 5.34. The van der Waals surface area contributed by atoms with Gasteiger partial charge in [-0.15, -0.1) is 0 Å². The smallest absolute Gasteiger partial charge is 0.242 e. The summed E-state index contributed by atoms with van der Waals surface area (Å²) in [5.74, 6) is 0.319. The molecule has 5 nitrogen and oxygen atoms in total. The largest absolute Gasteiger partial charge is 0.337 e. The highest BCUT2D eigenvalue weighted by molar-refractivity contribution is 7.71. The Kier molecular flexibility index (Phi) is 7.52. The van der Waals surface area contributed by atoms with Crippen molar-refractivity contribution in [3.05, 3.63) is 70.2 Å². The van der Waals surface area contributed by atoms with Gasteiger partial charge in [-0.1, -0.05) is 61.7 Å². The minimum Gasteiger partial charge on any atom is -0.337 e. The quantitative estimate of drug-likeness (QED) is 0.374. The SMILES string of the molecule is CCCCCN(Cc1ccc(F)cc1)C(=O)Cn1c(-c2ccc(C)cc2)n[nH]c1=S. The van der Waals surface area contributed by atoms with E-state index in [1.165, 1.54) is 12.1 Å². The van der Waals surface area contributed by atoms with Crippen LogP contribution in [-0.4, -0.2) is 32.1 Å². The van der Waals surface area contributed by atoms with Crippen LogP contribution >= 0.6 is 12.2 Å². The lowest BCUT2D eigenvalue weighted by atomic mass is 10.1. The first-order valence-corrected chi connectivity index (χ1v) is 10.6. The fraction of sp³-hybridized carbons (Fsp3) is 0.348. The maximum atomic E-state index is 13.3. The van der Waals surface area contributed by atoms with Gasteiger partial charge in [0.1, 0.15) is 12.4 Å². The van der Waals surface area contributed by atoms with Crippen LogP contribution in [0.5, 0.6) is 0 Å². The standard InChI is InChI=1S/C23H27FN4OS/c1-3-4-5-14-27(15-18-8-12-20(24)13-9-18)21(29)16-28-22(25-26-23(28)30)19-10-6-17(2)7-11-19/h6-13H,3-5,14-16H2,1-2H3,(H,26,30). The number of carbonyl (C=O) groups excluding carboxylic acids is 1. The first-order valence-electron chi connectivity index (χ1n) is 10.2. The summed E-state index contributed by atoms with van der Waals surface area (Å²) >= 11 is 5.39. The molecule has 1 heterocycles. The number of carbonyl (C=O) groups is 1. The number of halogens is 1. The summed E-state index contributed by atoms with van der Waals surface area (Å²) in [5.41, 5.74) is 2.95. The lowest BCUT2D eigenvalue weighted by Gasteiger charge is -2.23. The van der Waals surface area contributed by atoms with Gasteiger partial charge in [0.15, 0.2) is 10.6 Å². The number of aryl methyl sites for hydroxylation is 1. The van der Waals surface area contributed by atoms with Crippen molar-refractivity contribution in [2.75, 3.05) is 6.54 Å². The average molecular weight is 427 g/mol. The van der Waals surface area contributed by atoms with Crippen molar-refractivity contribution < 1.29 is 9.18 Å². The van der Waals surface area contributed by atoms with Crippen molar-refractivity contribution in [1.29, 1.82) is 0 Å². The number of aromatic nitrogens is 3. The minimum absolute atomic E-state index is 0.0405. The van der Waals surface area contributed by atoms with Crippen LogP contribution in [0.2, 0.25) is 0 Å². The number of hydrogen-bond acceptors (Lipinski definition) is 3. The molecule has 1 aromatic heterocycles. The molecule has 0 aliphatic heterocycles. The van der Waals surface area contributed by atoms with E-state index in [0.717, 1.165) is 36.0 Å². The summed E-state index contributed by atoms with van der Waals surface area (Å²) in [6.07, 6.45) is 3.04. The fourth-order valence-electron chi connectivity index (χ4n) is 3.28. The molecule has 0 radical (unpaired) electrons. The van der Waals surface area contributed by atoms with Gasteiger partial charge in [-0.05, 0) is 43.3 Å². The lowest BCUT2D eigenvalue weighted by Crippen LogP contribution is -2.34. The van der Waals surface area contributed by atoms with E-state index in [-0.39, 0.29) is 18.3 Å². The Morgan fingerprint density at radius 1 is 1.13 bits per heavy atom. The van der Waals surface area contributed by atoms with E-state index in [1.807, 2.05) is 36.1 Å². The average Bonchev–Trinajstić information content (AvgIpc) is 3.09. The second kappa shape index (κ2) is 10.3. The molecule has 2 aromatic carbocycles. The Bertz CT molecular complexity index is 1020. The monoisotopic (exact) mass is 426 g/mol. The zero-order chi connectivity index (χ0) is 21.5. The first-order chi connectivity index (χ1) is 14.5. The molecule has 0 aliphatic rings. The van der Waals surface area contributed by atoms with E-state index < -0.39 is 0 Å². The number of H-pyrrole nitrogens is 1. The molecule has 0 aliphatic carbocycles. The molecular formula is C23H27FN4OS. The van der Waals surface area contributed by atoms with E-state index in [2.05, 4.69) is 17.1 Å². The molecule has 7 heteroatoms. The van der Waals surface area contributed by atoms with Crippen LogP contribution < -0.4 is 0 Å². The van der Waals surface area contributed by atoms with E-state index in [9.17, 15) is 9.18 Å². The summed E-state index contributed by atoms with van der Waals surface area (Å²) < 4.78 is 15.4. The van der Waals surface area contributed by atoms with Crippen molar-refractivity contribution in [3.8, 4) is 11.4 Å². The van der Waals surface area contributed by atoms with Crippen molar-refractivity contribution in [2.45, 2.75) is 46.2 Å². The molecule has 1 amide bonds. The highest BCUT2D eigenvalue weighted by atomic mass is 32.1. The summed E-state index contributed by atoms with van der Waals surface area (Å²) in [5, 5.41) is 7.14. The molecule has 1 N–H and O–H groups in total. The summed E-state index contributed by atoms with van der Waals surface area (Å²) in [4.78, 5) is 15.0. The van der Waals surface area contributed by atoms with Gasteiger partial charge in [0.25, 0.3) is 0 Å². The van der Waals surface area contributed by atoms with Crippen LogP contribution in [0.1, 0.15) is 37.3 Å². The van der Waals surface area contributed by atoms with Gasteiger partial charge in [0.2, 0.25) is 5.91 Å². The molecule has 3 rings (SSSR count). The van der Waals surface area contributed by atoms with Crippen LogP contribution in [0, 0.1) is 17.5 Å². The number of amides is 1. The number of rotatable bonds is 9. The Morgan fingerprint density at radius 3 is 2.50 bits per heavy atom. The molecule has 158 valence electrons. The Hall–Kier alpha value is -2.80. The maximum absolute atomic E-state index is 13.3. The summed E-state index contributed by atoms with van der Waals surface area (Å²) in [7, 11) is 0. The minimum atomic E-state index is -0.282. The van der Waals surface area contributed by atoms with Crippen LogP contribution in [0.15, 0.2) is 48.5 Å². The fourth-order valence-corrected chi connectivity index (χ4v) is 3.47. The van der Waals surface area contributed by atoms with E-state index >= 15 is 0 Å². The Labute approximate surface area is 181 Å². The van der Waals surface area contributed by atoms with Gasteiger partial charge in [-0.2, -0.15) is 5.10 Å².